The van der Waals surface area contributed by atoms with Crippen LogP contribution in [0.4, 0.5) is 0 Å². The molecule has 1 aromatic carbocycles. The summed E-state index contributed by atoms with van der Waals surface area (Å²) in [7, 11) is 0. The number of halogens is 1. The summed E-state index contributed by atoms with van der Waals surface area (Å²) in [6.45, 7) is 0. The van der Waals surface area contributed by atoms with Crippen molar-refractivity contribution in [3.8, 4) is 0 Å². The Bertz CT molecular complexity index is 388. The molecule has 0 spiro atoms. The van der Waals surface area contributed by atoms with Crippen molar-refractivity contribution in [1.29, 1.82) is 0 Å². The van der Waals surface area contributed by atoms with Crippen molar-refractivity contribution in [2.45, 2.75) is 9.24 Å². The molecule has 1 aromatic heterocycles. The van der Waals surface area contributed by atoms with Gasteiger partial charge in [-0.15, -0.1) is 0 Å². The van der Waals surface area contributed by atoms with Crippen molar-refractivity contribution < 1.29 is 0 Å². The van der Waals surface area contributed by atoms with Crippen molar-refractivity contribution in [2.75, 3.05) is 0 Å². The van der Waals surface area contributed by atoms with Crippen molar-refractivity contribution in [3.05, 3.63) is 35.6 Å². The zero-order chi connectivity index (χ0) is 9.10. The van der Waals surface area contributed by atoms with E-state index in [1.807, 2.05) is 30.3 Å². The second-order valence-corrected chi connectivity index (χ2v) is 4.65. The van der Waals surface area contributed by atoms with E-state index in [-0.39, 0.29) is 0 Å². The summed E-state index contributed by atoms with van der Waals surface area (Å²) in [6, 6.07) is 10.0. The average Bonchev–Trinajstić information content (AvgIpc) is 2.53. The summed E-state index contributed by atoms with van der Waals surface area (Å²) in [6.07, 6.45) is 0. The van der Waals surface area contributed by atoms with E-state index in [0.717, 1.165) is 9.24 Å². The second-order valence-electron chi connectivity index (χ2n) is 2.24. The highest BCUT2D eigenvalue weighted by Gasteiger charge is 2.02. The van der Waals surface area contributed by atoms with E-state index in [1.165, 1.54) is 11.5 Å². The highest BCUT2D eigenvalue weighted by molar-refractivity contribution is 8.01. The lowest BCUT2D eigenvalue weighted by atomic mass is 10.4. The third kappa shape index (κ3) is 2.43. The van der Waals surface area contributed by atoms with Crippen LogP contribution in [0.2, 0.25) is 5.28 Å². The molecule has 0 saturated carbocycles. The Morgan fingerprint density at radius 1 is 1.23 bits per heavy atom. The molecule has 0 aliphatic heterocycles. The Hall–Kier alpha value is -0.580. The Balaban J connectivity index is 2.15. The largest absolute Gasteiger partial charge is 0.235 e. The standard InChI is InChI=1S/C8H5ClN2S2/c9-7-10-8(13-11-7)12-6-4-2-1-3-5-6/h1-5H. The summed E-state index contributed by atoms with van der Waals surface area (Å²) in [5.74, 6) is 0. The molecule has 0 N–H and O–H groups in total. The monoisotopic (exact) mass is 228 g/mol. The number of hydrogen-bond donors (Lipinski definition) is 0. The second kappa shape index (κ2) is 4.09. The molecule has 2 rings (SSSR count). The van der Waals surface area contributed by atoms with Crippen molar-refractivity contribution >= 4 is 34.9 Å². The highest BCUT2D eigenvalue weighted by atomic mass is 35.5. The third-order valence-corrected chi connectivity index (χ3v) is 3.36. The van der Waals surface area contributed by atoms with E-state index in [1.54, 1.807) is 11.8 Å². The van der Waals surface area contributed by atoms with Gasteiger partial charge in [-0.25, -0.2) is 0 Å². The van der Waals surface area contributed by atoms with Gasteiger partial charge in [-0.2, -0.15) is 9.36 Å². The van der Waals surface area contributed by atoms with E-state index in [0.29, 0.717) is 5.28 Å². The van der Waals surface area contributed by atoms with E-state index >= 15 is 0 Å². The lowest BCUT2D eigenvalue weighted by Gasteiger charge is -1.93. The van der Waals surface area contributed by atoms with Gasteiger partial charge in [0.2, 0.25) is 5.28 Å². The van der Waals surface area contributed by atoms with Crippen LogP contribution in [0.25, 0.3) is 0 Å². The van der Waals surface area contributed by atoms with E-state index in [4.69, 9.17) is 11.6 Å². The number of nitrogens with zero attached hydrogens (tertiary/aromatic N) is 2. The highest BCUT2D eigenvalue weighted by Crippen LogP contribution is 2.29. The van der Waals surface area contributed by atoms with Gasteiger partial charge in [0.1, 0.15) is 0 Å². The van der Waals surface area contributed by atoms with Crippen LogP contribution in [-0.2, 0) is 0 Å². The summed E-state index contributed by atoms with van der Waals surface area (Å²) in [4.78, 5) is 5.19. The zero-order valence-electron chi connectivity index (χ0n) is 6.48. The molecule has 0 radical (unpaired) electrons. The van der Waals surface area contributed by atoms with Crippen LogP contribution in [-0.4, -0.2) is 9.36 Å². The summed E-state index contributed by atoms with van der Waals surface area (Å²) in [5.41, 5.74) is 0. The molecule has 0 amide bonds. The Kier molecular flexibility index (Phi) is 2.83. The van der Waals surface area contributed by atoms with Crippen LogP contribution in [0.1, 0.15) is 0 Å². The molecule has 0 fully saturated rings. The average molecular weight is 229 g/mol. The van der Waals surface area contributed by atoms with Gasteiger partial charge in [0.15, 0.2) is 4.34 Å². The molecule has 0 aliphatic carbocycles. The first-order valence-corrected chi connectivity index (χ1v) is 5.53. The molecule has 0 atom stereocenters. The molecular formula is C8H5ClN2S2. The molecule has 2 aromatic rings. The van der Waals surface area contributed by atoms with Gasteiger partial charge in [-0.05, 0) is 35.3 Å². The molecule has 0 bridgehead atoms. The van der Waals surface area contributed by atoms with Gasteiger partial charge in [-0.1, -0.05) is 30.0 Å². The Labute approximate surface area is 89.1 Å². The summed E-state index contributed by atoms with van der Waals surface area (Å²) >= 11 is 8.48. The van der Waals surface area contributed by atoms with Crippen LogP contribution in [0.3, 0.4) is 0 Å². The first-order valence-electron chi connectivity index (χ1n) is 3.57. The minimum Gasteiger partial charge on any atom is -0.198 e. The fraction of sp³-hybridized carbons (Fsp3) is 0. The first-order chi connectivity index (χ1) is 6.34. The molecule has 0 unspecified atom stereocenters. The van der Waals surface area contributed by atoms with Crippen LogP contribution >= 0.6 is 34.9 Å². The molecule has 66 valence electrons. The van der Waals surface area contributed by atoms with Crippen LogP contribution in [0.15, 0.2) is 39.6 Å². The normalized spacial score (nSPS) is 10.2. The first kappa shape index (κ1) is 8.99. The lowest BCUT2D eigenvalue weighted by molar-refractivity contribution is 1.21. The smallest absolute Gasteiger partial charge is 0.198 e. The molecule has 0 aliphatic rings. The minimum absolute atomic E-state index is 0.323. The molecular weight excluding hydrogens is 224 g/mol. The summed E-state index contributed by atoms with van der Waals surface area (Å²) < 4.78 is 4.76. The number of rotatable bonds is 2. The predicted octanol–water partition coefficient (Wildman–Crippen LogP) is 3.34. The maximum Gasteiger partial charge on any atom is 0.235 e. The minimum atomic E-state index is 0.323. The van der Waals surface area contributed by atoms with Crippen molar-refractivity contribution in [3.63, 3.8) is 0 Å². The fourth-order valence-corrected chi connectivity index (χ4v) is 2.61. The fourth-order valence-electron chi connectivity index (χ4n) is 0.824. The Morgan fingerprint density at radius 2 is 2.00 bits per heavy atom. The quantitative estimate of drug-likeness (QED) is 0.789. The third-order valence-electron chi connectivity index (χ3n) is 1.33. The molecule has 2 nitrogen and oxygen atoms in total. The van der Waals surface area contributed by atoms with E-state index in [9.17, 15) is 0 Å². The lowest BCUT2D eigenvalue weighted by Crippen LogP contribution is -1.70. The maximum absolute atomic E-state index is 5.60. The van der Waals surface area contributed by atoms with Gasteiger partial charge >= 0.3 is 0 Å². The zero-order valence-corrected chi connectivity index (χ0v) is 8.86. The van der Waals surface area contributed by atoms with Crippen LogP contribution in [0, 0.1) is 0 Å². The van der Waals surface area contributed by atoms with Crippen molar-refractivity contribution in [1.82, 2.24) is 9.36 Å². The van der Waals surface area contributed by atoms with Gasteiger partial charge < -0.3 is 0 Å². The van der Waals surface area contributed by atoms with Gasteiger partial charge in [-0.3, -0.25) is 0 Å². The van der Waals surface area contributed by atoms with Gasteiger partial charge in [0, 0.05) is 4.90 Å². The molecule has 5 heteroatoms. The molecule has 13 heavy (non-hydrogen) atoms. The Morgan fingerprint density at radius 3 is 2.62 bits per heavy atom. The summed E-state index contributed by atoms with van der Waals surface area (Å²) in [5, 5.41) is 0.323. The van der Waals surface area contributed by atoms with E-state index < -0.39 is 0 Å². The SMILES string of the molecule is Clc1nsc(Sc2ccccc2)n1. The number of aromatic nitrogens is 2. The number of hydrogen-bond acceptors (Lipinski definition) is 4. The van der Waals surface area contributed by atoms with Gasteiger partial charge in [0.05, 0.1) is 0 Å². The molecule has 0 saturated heterocycles. The topological polar surface area (TPSA) is 25.8 Å². The van der Waals surface area contributed by atoms with E-state index in [2.05, 4.69) is 9.36 Å². The van der Waals surface area contributed by atoms with Crippen LogP contribution < -0.4 is 0 Å². The van der Waals surface area contributed by atoms with Crippen LogP contribution in [0.5, 0.6) is 0 Å². The predicted molar refractivity (Wildman–Crippen MR) is 55.5 cm³/mol. The van der Waals surface area contributed by atoms with Gasteiger partial charge in [0.25, 0.3) is 0 Å². The maximum atomic E-state index is 5.60. The molecule has 1 heterocycles. The number of benzene rings is 1. The van der Waals surface area contributed by atoms with Crippen molar-refractivity contribution in [2.24, 2.45) is 0 Å².